The largest absolute Gasteiger partial charge is 0.393 e. The molecule has 0 spiro atoms. The Hall–Kier alpha value is -0.160. The van der Waals surface area contributed by atoms with Gasteiger partial charge >= 0.3 is 0 Å². The predicted molar refractivity (Wildman–Crippen MR) is 83.7 cm³/mol. The second kappa shape index (κ2) is 10.6. The molecule has 4 N–H and O–H groups in total. The van der Waals surface area contributed by atoms with Gasteiger partial charge in [0.1, 0.15) is 0 Å². The third kappa shape index (κ3) is 10.6. The van der Waals surface area contributed by atoms with Crippen molar-refractivity contribution >= 4 is 0 Å². The number of hydrogen-bond donors (Lipinski definition) is 4. The zero-order valence-corrected chi connectivity index (χ0v) is 14.2. The summed E-state index contributed by atoms with van der Waals surface area (Å²) in [6, 6.07) is 0. The fourth-order valence-electron chi connectivity index (χ4n) is 1.91. The molecule has 20 heavy (non-hydrogen) atoms. The van der Waals surface area contributed by atoms with Crippen molar-refractivity contribution in [1.29, 1.82) is 0 Å². The van der Waals surface area contributed by atoms with Crippen LogP contribution < -0.4 is 0 Å². The van der Waals surface area contributed by atoms with Crippen LogP contribution in [-0.2, 0) is 0 Å². The quantitative estimate of drug-likeness (QED) is 0.554. The van der Waals surface area contributed by atoms with Crippen LogP contribution in [0.4, 0.5) is 0 Å². The van der Waals surface area contributed by atoms with Crippen molar-refractivity contribution in [1.82, 2.24) is 0 Å². The summed E-state index contributed by atoms with van der Waals surface area (Å²) in [7, 11) is 0. The van der Waals surface area contributed by atoms with Crippen molar-refractivity contribution in [3.8, 4) is 0 Å². The van der Waals surface area contributed by atoms with Gasteiger partial charge in [0.25, 0.3) is 0 Å². The highest BCUT2D eigenvalue weighted by atomic mass is 16.3. The lowest BCUT2D eigenvalue weighted by atomic mass is 9.92. The van der Waals surface area contributed by atoms with Gasteiger partial charge < -0.3 is 20.4 Å². The Labute approximate surface area is 124 Å². The van der Waals surface area contributed by atoms with Gasteiger partial charge in [0, 0.05) is 6.42 Å². The molecule has 0 saturated carbocycles. The molecule has 4 atom stereocenters. The van der Waals surface area contributed by atoms with E-state index in [2.05, 4.69) is 0 Å². The van der Waals surface area contributed by atoms with Crippen LogP contribution in [0.1, 0.15) is 80.1 Å². The molecule has 4 nitrogen and oxygen atoms in total. The molecule has 0 aliphatic rings. The van der Waals surface area contributed by atoms with Crippen LogP contribution in [-0.4, -0.2) is 43.8 Å². The van der Waals surface area contributed by atoms with Crippen LogP contribution in [0.3, 0.4) is 0 Å². The fraction of sp³-hybridized carbons (Fsp3) is 1.00. The minimum Gasteiger partial charge on any atom is -0.393 e. The summed E-state index contributed by atoms with van der Waals surface area (Å²) in [4.78, 5) is 0. The van der Waals surface area contributed by atoms with Gasteiger partial charge in [-0.1, -0.05) is 34.1 Å². The lowest BCUT2D eigenvalue weighted by molar-refractivity contribution is -0.0682. The second-order valence-corrected chi connectivity index (χ2v) is 6.15. The summed E-state index contributed by atoms with van der Waals surface area (Å²) in [6.07, 6.45) is 3.17. The molecule has 0 aromatic carbocycles. The highest BCUT2D eigenvalue weighted by molar-refractivity contribution is 4.79. The number of aliphatic hydroxyl groups excluding tert-OH is 2. The first-order valence-electron chi connectivity index (χ1n) is 7.87. The van der Waals surface area contributed by atoms with Gasteiger partial charge in [-0.3, -0.25) is 0 Å². The van der Waals surface area contributed by atoms with Crippen LogP contribution in [0.15, 0.2) is 0 Å². The summed E-state index contributed by atoms with van der Waals surface area (Å²) in [6.45, 7) is 11.1. The molecular formula is C16H36O4. The van der Waals surface area contributed by atoms with Crippen LogP contribution in [0, 0.1) is 0 Å². The average Bonchev–Trinajstić information content (AvgIpc) is 2.37. The Kier molecular flexibility index (Phi) is 11.7. The van der Waals surface area contributed by atoms with E-state index in [1.54, 1.807) is 13.8 Å². The van der Waals surface area contributed by atoms with Crippen LogP contribution in [0.5, 0.6) is 0 Å². The zero-order valence-electron chi connectivity index (χ0n) is 14.2. The molecule has 4 unspecified atom stereocenters. The smallest absolute Gasteiger partial charge is 0.0877 e. The first-order valence-corrected chi connectivity index (χ1v) is 7.87. The number of rotatable bonds is 8. The van der Waals surface area contributed by atoms with Crippen LogP contribution in [0.25, 0.3) is 0 Å². The van der Waals surface area contributed by atoms with Gasteiger partial charge in [0.05, 0.1) is 23.4 Å². The lowest BCUT2D eigenvalue weighted by Gasteiger charge is -2.27. The maximum absolute atomic E-state index is 9.53. The summed E-state index contributed by atoms with van der Waals surface area (Å²) in [5.74, 6) is 0. The van der Waals surface area contributed by atoms with E-state index in [1.807, 2.05) is 27.7 Å². The Morgan fingerprint density at radius 2 is 1.40 bits per heavy atom. The first-order chi connectivity index (χ1) is 9.06. The van der Waals surface area contributed by atoms with E-state index in [0.717, 1.165) is 12.8 Å². The van der Waals surface area contributed by atoms with Crippen molar-refractivity contribution in [2.24, 2.45) is 0 Å². The third-order valence-electron chi connectivity index (χ3n) is 3.77. The van der Waals surface area contributed by atoms with E-state index >= 15 is 0 Å². The average molecular weight is 292 g/mol. The van der Waals surface area contributed by atoms with Crippen LogP contribution in [0.2, 0.25) is 0 Å². The minimum atomic E-state index is -0.885. The third-order valence-corrected chi connectivity index (χ3v) is 3.77. The molecule has 124 valence electrons. The van der Waals surface area contributed by atoms with Crippen molar-refractivity contribution in [2.75, 3.05) is 0 Å². The molecule has 0 radical (unpaired) electrons. The maximum atomic E-state index is 9.53. The van der Waals surface area contributed by atoms with Gasteiger partial charge in [0.2, 0.25) is 0 Å². The highest BCUT2D eigenvalue weighted by Crippen LogP contribution is 2.18. The Bertz CT molecular complexity index is 227. The van der Waals surface area contributed by atoms with Crippen molar-refractivity contribution in [2.45, 2.75) is 103 Å². The van der Waals surface area contributed by atoms with Gasteiger partial charge in [-0.25, -0.2) is 0 Å². The summed E-state index contributed by atoms with van der Waals surface area (Å²) < 4.78 is 0. The van der Waals surface area contributed by atoms with Gasteiger partial charge in [0.15, 0.2) is 0 Å². The molecule has 0 aliphatic heterocycles. The SMILES string of the molecule is CCC(O)CC(C)(O)CC.CCCC(C)(O)C(O)CC. The summed E-state index contributed by atoms with van der Waals surface area (Å²) >= 11 is 0. The Balaban J connectivity index is 0. The normalized spacial score (nSPS) is 20.1. The molecule has 0 aromatic rings. The van der Waals surface area contributed by atoms with E-state index in [0.29, 0.717) is 25.7 Å². The van der Waals surface area contributed by atoms with E-state index in [9.17, 15) is 15.3 Å². The van der Waals surface area contributed by atoms with E-state index in [4.69, 9.17) is 5.11 Å². The second-order valence-electron chi connectivity index (χ2n) is 6.15. The zero-order chi connectivity index (χ0) is 16.4. The fourth-order valence-corrected chi connectivity index (χ4v) is 1.91. The maximum Gasteiger partial charge on any atom is 0.0877 e. The number of hydrogen-bond acceptors (Lipinski definition) is 4. The van der Waals surface area contributed by atoms with E-state index < -0.39 is 17.3 Å². The number of aliphatic hydroxyl groups is 4. The topological polar surface area (TPSA) is 80.9 Å². The Morgan fingerprint density at radius 1 is 0.900 bits per heavy atom. The summed E-state index contributed by atoms with van der Waals surface area (Å²) in [5.41, 5.74) is -1.57. The lowest BCUT2D eigenvalue weighted by Crippen LogP contribution is -2.38. The first kappa shape index (κ1) is 22.1. The summed E-state index contributed by atoms with van der Waals surface area (Å²) in [5, 5.41) is 37.4. The van der Waals surface area contributed by atoms with Crippen molar-refractivity contribution in [3.63, 3.8) is 0 Å². The molecule has 0 saturated heterocycles. The molecule has 0 rings (SSSR count). The molecule has 0 amide bonds. The molecule has 0 aromatic heterocycles. The molecule has 4 heteroatoms. The van der Waals surface area contributed by atoms with Crippen LogP contribution >= 0.6 is 0 Å². The molecule has 0 bridgehead atoms. The molecule has 0 aliphatic carbocycles. The highest BCUT2D eigenvalue weighted by Gasteiger charge is 2.27. The van der Waals surface area contributed by atoms with Crippen molar-refractivity contribution in [3.05, 3.63) is 0 Å². The van der Waals surface area contributed by atoms with Gasteiger partial charge in [-0.15, -0.1) is 0 Å². The van der Waals surface area contributed by atoms with E-state index in [-0.39, 0.29) is 6.10 Å². The molecule has 0 heterocycles. The minimum absolute atomic E-state index is 0.352. The van der Waals surface area contributed by atoms with E-state index in [1.165, 1.54) is 0 Å². The van der Waals surface area contributed by atoms with Gasteiger partial charge in [-0.2, -0.15) is 0 Å². The van der Waals surface area contributed by atoms with Crippen molar-refractivity contribution < 1.29 is 20.4 Å². The van der Waals surface area contributed by atoms with Gasteiger partial charge in [-0.05, 0) is 39.5 Å². The molecular weight excluding hydrogens is 256 g/mol. The monoisotopic (exact) mass is 292 g/mol. The predicted octanol–water partition coefficient (Wildman–Crippen LogP) is 2.62. The Morgan fingerprint density at radius 3 is 1.70 bits per heavy atom. The standard InChI is InChI=1S/2C8H18O2/c1-4-7(9)6-8(3,10)5-2;1-4-6-8(3,10)7(9)5-2/h2*7,9-10H,4-6H2,1-3H3. The molecule has 0 fully saturated rings.